The number of ether oxygens (including phenoxy) is 3. The zero-order valence-electron chi connectivity index (χ0n) is 18.9. The Bertz CT molecular complexity index is 819. The van der Waals surface area contributed by atoms with Crippen LogP contribution in [0.4, 0.5) is 0 Å². The number of rotatable bonds is 7. The molecule has 0 radical (unpaired) electrons. The van der Waals surface area contributed by atoms with E-state index in [2.05, 4.69) is 0 Å². The Kier molecular flexibility index (Phi) is 7.70. The Labute approximate surface area is 182 Å². The van der Waals surface area contributed by atoms with Gasteiger partial charge in [0.05, 0.1) is 30.3 Å². The molecule has 0 aromatic heterocycles. The molecule has 1 aliphatic carbocycles. The highest BCUT2D eigenvalue weighted by atomic mass is 16.5. The fraction of sp³-hybridized carbons (Fsp3) is 0.609. The number of Topliss-reactive ketones (excluding diaryl/α,β-unsaturated/α-hetero) is 1. The summed E-state index contributed by atoms with van der Waals surface area (Å²) in [5, 5.41) is 21.2. The van der Waals surface area contributed by atoms with Crippen molar-refractivity contribution in [3.8, 4) is 11.5 Å². The molecule has 0 saturated heterocycles. The number of ketones is 1. The molecule has 0 unspecified atom stereocenters. The predicted molar refractivity (Wildman–Crippen MR) is 112 cm³/mol. The van der Waals surface area contributed by atoms with Crippen molar-refractivity contribution in [2.24, 2.45) is 11.8 Å². The van der Waals surface area contributed by atoms with Crippen molar-refractivity contribution in [3.05, 3.63) is 23.8 Å². The van der Waals surface area contributed by atoms with Crippen LogP contribution in [0.5, 0.6) is 11.5 Å². The maximum Gasteiger partial charge on any atom is 0.317 e. The minimum Gasteiger partial charge on any atom is -0.504 e. The molecule has 1 fully saturated rings. The van der Waals surface area contributed by atoms with Gasteiger partial charge in [0.25, 0.3) is 0 Å². The summed E-state index contributed by atoms with van der Waals surface area (Å²) in [6.07, 6.45) is -1.32. The Morgan fingerprint density at radius 3 is 2.26 bits per heavy atom. The number of esters is 2. The van der Waals surface area contributed by atoms with Crippen molar-refractivity contribution in [1.29, 1.82) is 0 Å². The van der Waals surface area contributed by atoms with Gasteiger partial charge in [0.15, 0.2) is 17.3 Å². The van der Waals surface area contributed by atoms with E-state index in [1.165, 1.54) is 25.1 Å². The molecule has 172 valence electrons. The molecular weight excluding hydrogens is 404 g/mol. The molecule has 0 spiro atoms. The second-order valence-electron chi connectivity index (χ2n) is 8.61. The van der Waals surface area contributed by atoms with Crippen LogP contribution in [0.3, 0.4) is 0 Å². The lowest BCUT2D eigenvalue weighted by Crippen LogP contribution is -2.55. The summed E-state index contributed by atoms with van der Waals surface area (Å²) in [5.74, 6) is -5.58. The Morgan fingerprint density at radius 2 is 1.71 bits per heavy atom. The largest absolute Gasteiger partial charge is 0.504 e. The first kappa shape index (κ1) is 24.7. The molecule has 1 aliphatic rings. The zero-order valence-corrected chi connectivity index (χ0v) is 18.9. The average molecular weight is 437 g/mol. The summed E-state index contributed by atoms with van der Waals surface area (Å²) in [6, 6.07) is 4.34. The van der Waals surface area contributed by atoms with Gasteiger partial charge in [-0.25, -0.2) is 0 Å². The minimum absolute atomic E-state index is 0.123. The SMILES string of the molecule is CCOc1cc([C@@H]2[C@H](C(=O)OC(C)C)C(=O)C[C@@](C)(O)[C@@H]2C(=O)OC(C)C)ccc1O. The molecule has 2 rings (SSSR count). The Hall–Kier alpha value is -2.61. The van der Waals surface area contributed by atoms with Crippen LogP contribution in [0.2, 0.25) is 0 Å². The first-order valence-corrected chi connectivity index (χ1v) is 10.5. The summed E-state index contributed by atoms with van der Waals surface area (Å²) in [7, 11) is 0. The van der Waals surface area contributed by atoms with E-state index in [4.69, 9.17) is 14.2 Å². The van der Waals surface area contributed by atoms with Crippen molar-refractivity contribution >= 4 is 17.7 Å². The van der Waals surface area contributed by atoms with E-state index < -0.39 is 59.7 Å². The van der Waals surface area contributed by atoms with Gasteiger partial charge in [-0.2, -0.15) is 0 Å². The molecule has 0 bridgehead atoms. The van der Waals surface area contributed by atoms with Gasteiger partial charge < -0.3 is 24.4 Å². The summed E-state index contributed by atoms with van der Waals surface area (Å²) in [5.41, 5.74) is -1.36. The lowest BCUT2D eigenvalue weighted by atomic mass is 9.61. The topological polar surface area (TPSA) is 119 Å². The highest BCUT2D eigenvalue weighted by Crippen LogP contribution is 2.48. The number of aromatic hydroxyl groups is 1. The van der Waals surface area contributed by atoms with Gasteiger partial charge in [0, 0.05) is 12.3 Å². The van der Waals surface area contributed by atoms with Gasteiger partial charge in [-0.05, 0) is 59.2 Å². The quantitative estimate of drug-likeness (QED) is 0.495. The van der Waals surface area contributed by atoms with Crippen molar-refractivity contribution < 1.29 is 38.8 Å². The van der Waals surface area contributed by atoms with E-state index in [9.17, 15) is 24.6 Å². The van der Waals surface area contributed by atoms with Crippen molar-refractivity contribution in [2.45, 2.75) is 71.7 Å². The number of phenols is 1. The van der Waals surface area contributed by atoms with Crippen LogP contribution in [-0.2, 0) is 23.9 Å². The summed E-state index contributed by atoms with van der Waals surface area (Å²) in [6.45, 7) is 10.1. The third-order valence-electron chi connectivity index (χ3n) is 5.15. The van der Waals surface area contributed by atoms with Crippen LogP contribution in [0.15, 0.2) is 18.2 Å². The number of phenolic OH excluding ortho intramolecular Hbond substituents is 1. The first-order valence-electron chi connectivity index (χ1n) is 10.5. The van der Waals surface area contributed by atoms with Gasteiger partial charge >= 0.3 is 11.9 Å². The molecule has 0 heterocycles. The van der Waals surface area contributed by atoms with E-state index in [1.807, 2.05) is 0 Å². The number of hydrogen-bond donors (Lipinski definition) is 2. The summed E-state index contributed by atoms with van der Waals surface area (Å²) in [4.78, 5) is 39.0. The lowest BCUT2D eigenvalue weighted by molar-refractivity contribution is -0.176. The van der Waals surface area contributed by atoms with Crippen molar-refractivity contribution in [1.82, 2.24) is 0 Å². The van der Waals surface area contributed by atoms with E-state index in [-0.39, 0.29) is 18.1 Å². The summed E-state index contributed by atoms with van der Waals surface area (Å²) < 4.78 is 16.1. The molecule has 31 heavy (non-hydrogen) atoms. The van der Waals surface area contributed by atoms with Gasteiger partial charge in [0.2, 0.25) is 0 Å². The highest BCUT2D eigenvalue weighted by Gasteiger charge is 2.57. The van der Waals surface area contributed by atoms with E-state index in [0.717, 1.165) is 0 Å². The second kappa shape index (κ2) is 9.68. The predicted octanol–water partition coefficient (Wildman–Crippen LogP) is 2.73. The van der Waals surface area contributed by atoms with E-state index in [1.54, 1.807) is 34.6 Å². The molecule has 4 atom stereocenters. The van der Waals surface area contributed by atoms with Gasteiger partial charge in [0.1, 0.15) is 5.92 Å². The van der Waals surface area contributed by atoms with Crippen molar-refractivity contribution in [2.75, 3.05) is 6.61 Å². The molecule has 1 aromatic rings. The van der Waals surface area contributed by atoms with Crippen LogP contribution in [0.1, 0.15) is 59.4 Å². The Balaban J connectivity index is 2.67. The fourth-order valence-corrected chi connectivity index (χ4v) is 4.04. The monoisotopic (exact) mass is 436 g/mol. The van der Waals surface area contributed by atoms with Crippen LogP contribution in [0, 0.1) is 11.8 Å². The smallest absolute Gasteiger partial charge is 0.317 e. The average Bonchev–Trinajstić information content (AvgIpc) is 2.60. The van der Waals surface area contributed by atoms with Crippen molar-refractivity contribution in [3.63, 3.8) is 0 Å². The van der Waals surface area contributed by atoms with E-state index in [0.29, 0.717) is 5.56 Å². The maximum absolute atomic E-state index is 13.1. The number of benzene rings is 1. The number of hydrogen-bond acceptors (Lipinski definition) is 8. The van der Waals surface area contributed by atoms with Crippen LogP contribution in [-0.4, -0.2) is 52.4 Å². The second-order valence-corrected chi connectivity index (χ2v) is 8.61. The number of carbonyl (C=O) groups is 3. The summed E-state index contributed by atoms with van der Waals surface area (Å²) >= 11 is 0. The first-order chi connectivity index (χ1) is 14.4. The van der Waals surface area contributed by atoms with Gasteiger partial charge in [-0.3, -0.25) is 14.4 Å². The van der Waals surface area contributed by atoms with Gasteiger partial charge in [-0.15, -0.1) is 0 Å². The highest BCUT2D eigenvalue weighted by molar-refractivity contribution is 6.02. The maximum atomic E-state index is 13.1. The number of carbonyl (C=O) groups excluding carboxylic acids is 3. The molecule has 8 heteroatoms. The third-order valence-corrected chi connectivity index (χ3v) is 5.15. The molecule has 2 N–H and O–H groups in total. The van der Waals surface area contributed by atoms with Crippen LogP contribution >= 0.6 is 0 Å². The van der Waals surface area contributed by atoms with Crippen LogP contribution in [0.25, 0.3) is 0 Å². The minimum atomic E-state index is -1.74. The molecule has 1 aromatic carbocycles. The molecule has 0 amide bonds. The molecular formula is C23H32O8. The fourth-order valence-electron chi connectivity index (χ4n) is 4.04. The Morgan fingerprint density at radius 1 is 1.13 bits per heavy atom. The number of aliphatic hydroxyl groups is 1. The third kappa shape index (κ3) is 5.55. The normalized spacial score (nSPS) is 26.1. The lowest BCUT2D eigenvalue weighted by Gasteiger charge is -2.44. The molecule has 1 saturated carbocycles. The standard InChI is InChI=1S/C23H32O8/c1-7-29-17-10-14(8-9-15(17)24)18-19(21(26)30-12(2)3)16(25)11-23(6,28)20(18)22(27)31-13(4)5/h8-10,12-13,18-20,24,28H,7,11H2,1-6H3/t18-,19-,20+,23-/m1/s1. The van der Waals surface area contributed by atoms with Crippen LogP contribution < -0.4 is 4.74 Å². The molecule has 8 nitrogen and oxygen atoms in total. The van der Waals surface area contributed by atoms with E-state index >= 15 is 0 Å². The zero-order chi connectivity index (χ0) is 23.5. The molecule has 0 aliphatic heterocycles. The van der Waals surface area contributed by atoms with Gasteiger partial charge in [-0.1, -0.05) is 6.07 Å².